The van der Waals surface area contributed by atoms with E-state index >= 15 is 0 Å². The second kappa shape index (κ2) is 6.39. The summed E-state index contributed by atoms with van der Waals surface area (Å²) in [5.74, 6) is 0.935. The van der Waals surface area contributed by atoms with Gasteiger partial charge in [0.2, 0.25) is 0 Å². The van der Waals surface area contributed by atoms with Crippen molar-refractivity contribution in [3.05, 3.63) is 43.7 Å². The molecule has 7 heteroatoms. The Labute approximate surface area is 129 Å². The van der Waals surface area contributed by atoms with Crippen LogP contribution in [-0.4, -0.2) is 24.2 Å². The third kappa shape index (κ3) is 3.03. The SMILES string of the molecule is COCc1nc(-c2ccc(Cl)cc2OC)[nH]c(=O)c1Br. The van der Waals surface area contributed by atoms with Gasteiger partial charge in [-0.25, -0.2) is 4.98 Å². The summed E-state index contributed by atoms with van der Waals surface area (Å²) in [5.41, 5.74) is 0.890. The van der Waals surface area contributed by atoms with Crippen LogP contribution in [0.1, 0.15) is 5.69 Å². The molecule has 1 N–H and O–H groups in total. The Morgan fingerprint density at radius 1 is 1.40 bits per heavy atom. The second-order valence-electron chi connectivity index (χ2n) is 3.95. The van der Waals surface area contributed by atoms with Crippen LogP contribution >= 0.6 is 27.5 Å². The highest BCUT2D eigenvalue weighted by atomic mass is 79.9. The average molecular weight is 360 g/mol. The molecule has 2 aromatic rings. The standard InChI is InChI=1S/C13H12BrClN2O3/c1-19-6-9-11(14)13(18)17-12(16-9)8-4-3-7(15)5-10(8)20-2/h3-5H,6H2,1-2H3,(H,16,17,18). The molecule has 2 rings (SSSR count). The zero-order chi connectivity index (χ0) is 14.7. The van der Waals surface area contributed by atoms with Gasteiger partial charge in [-0.1, -0.05) is 11.6 Å². The highest BCUT2D eigenvalue weighted by Crippen LogP contribution is 2.30. The van der Waals surface area contributed by atoms with Crippen LogP contribution in [0.4, 0.5) is 0 Å². The molecule has 0 bridgehead atoms. The minimum absolute atomic E-state index is 0.230. The van der Waals surface area contributed by atoms with E-state index in [2.05, 4.69) is 25.9 Å². The molecule has 0 atom stereocenters. The van der Waals surface area contributed by atoms with Gasteiger partial charge >= 0.3 is 0 Å². The summed E-state index contributed by atoms with van der Waals surface area (Å²) in [4.78, 5) is 19.0. The number of H-pyrrole nitrogens is 1. The molecule has 0 saturated carbocycles. The molecule has 0 fully saturated rings. The molecule has 0 unspecified atom stereocenters. The van der Waals surface area contributed by atoms with E-state index in [9.17, 15) is 4.79 Å². The van der Waals surface area contributed by atoms with Crippen molar-refractivity contribution in [3.63, 3.8) is 0 Å². The number of halogens is 2. The molecule has 20 heavy (non-hydrogen) atoms. The minimum atomic E-state index is -0.279. The number of ether oxygens (including phenoxy) is 2. The van der Waals surface area contributed by atoms with Gasteiger partial charge in [0.15, 0.2) is 0 Å². The molecule has 1 aromatic heterocycles. The molecule has 0 radical (unpaired) electrons. The molecule has 106 valence electrons. The third-order valence-corrected chi connectivity index (χ3v) is 3.68. The first-order valence-corrected chi connectivity index (χ1v) is 6.85. The van der Waals surface area contributed by atoms with Crippen LogP contribution in [0.5, 0.6) is 5.75 Å². The predicted octanol–water partition coefficient (Wildman–Crippen LogP) is 3.01. The van der Waals surface area contributed by atoms with Crippen LogP contribution in [0.15, 0.2) is 27.5 Å². The third-order valence-electron chi connectivity index (χ3n) is 2.63. The Kier molecular flexibility index (Phi) is 4.80. The van der Waals surface area contributed by atoms with E-state index in [4.69, 9.17) is 21.1 Å². The number of methoxy groups -OCH3 is 2. The Morgan fingerprint density at radius 2 is 2.15 bits per heavy atom. The molecule has 0 saturated heterocycles. The quantitative estimate of drug-likeness (QED) is 0.911. The first kappa shape index (κ1) is 15.0. The number of rotatable bonds is 4. The van der Waals surface area contributed by atoms with Gasteiger partial charge in [-0.15, -0.1) is 0 Å². The zero-order valence-electron chi connectivity index (χ0n) is 10.9. The van der Waals surface area contributed by atoms with Crippen molar-refractivity contribution in [1.82, 2.24) is 9.97 Å². The normalized spacial score (nSPS) is 10.6. The Bertz CT molecular complexity index is 688. The lowest BCUT2D eigenvalue weighted by Gasteiger charge is -2.10. The van der Waals surface area contributed by atoms with Crippen molar-refractivity contribution in [2.45, 2.75) is 6.61 Å². The lowest BCUT2D eigenvalue weighted by Crippen LogP contribution is -2.14. The molecule has 5 nitrogen and oxygen atoms in total. The summed E-state index contributed by atoms with van der Waals surface area (Å²) in [7, 11) is 3.07. The smallest absolute Gasteiger partial charge is 0.265 e. The highest BCUT2D eigenvalue weighted by Gasteiger charge is 2.13. The van der Waals surface area contributed by atoms with Gasteiger partial charge in [0.05, 0.1) is 25.0 Å². The van der Waals surface area contributed by atoms with E-state index in [1.165, 1.54) is 14.2 Å². The van der Waals surface area contributed by atoms with Crippen LogP contribution in [0, 0.1) is 0 Å². The Balaban J connectivity index is 2.61. The van der Waals surface area contributed by atoms with Gasteiger partial charge in [0.1, 0.15) is 16.0 Å². The maximum Gasteiger partial charge on any atom is 0.265 e. The molecule has 1 heterocycles. The van der Waals surface area contributed by atoms with Gasteiger partial charge in [-0.05, 0) is 34.1 Å². The van der Waals surface area contributed by atoms with Crippen LogP contribution in [0.2, 0.25) is 5.02 Å². The van der Waals surface area contributed by atoms with E-state index in [-0.39, 0.29) is 12.2 Å². The number of hydrogen-bond acceptors (Lipinski definition) is 4. The summed E-state index contributed by atoms with van der Waals surface area (Å²) >= 11 is 9.12. The average Bonchev–Trinajstić information content (AvgIpc) is 2.43. The lowest BCUT2D eigenvalue weighted by molar-refractivity contribution is 0.180. The summed E-state index contributed by atoms with van der Waals surface area (Å²) < 4.78 is 10.7. The Morgan fingerprint density at radius 3 is 2.80 bits per heavy atom. The van der Waals surface area contributed by atoms with Crippen LogP contribution in [0.25, 0.3) is 11.4 Å². The molecule has 0 aliphatic rings. The van der Waals surface area contributed by atoms with E-state index in [1.807, 2.05) is 0 Å². The lowest BCUT2D eigenvalue weighted by atomic mass is 10.2. The number of nitrogens with zero attached hydrogens (tertiary/aromatic N) is 1. The van der Waals surface area contributed by atoms with Crippen LogP contribution in [-0.2, 0) is 11.3 Å². The van der Waals surface area contributed by atoms with Crippen LogP contribution in [0.3, 0.4) is 0 Å². The fraction of sp³-hybridized carbons (Fsp3) is 0.231. The van der Waals surface area contributed by atoms with Crippen molar-refractivity contribution >= 4 is 27.5 Å². The minimum Gasteiger partial charge on any atom is -0.496 e. The first-order valence-electron chi connectivity index (χ1n) is 5.68. The van der Waals surface area contributed by atoms with Gasteiger partial charge in [0.25, 0.3) is 5.56 Å². The summed E-state index contributed by atoms with van der Waals surface area (Å²) in [5, 5.41) is 0.544. The van der Waals surface area contributed by atoms with E-state index < -0.39 is 0 Å². The number of nitrogens with one attached hydrogen (secondary N) is 1. The molecule has 0 amide bonds. The van der Waals surface area contributed by atoms with Crippen molar-refractivity contribution in [2.24, 2.45) is 0 Å². The predicted molar refractivity (Wildman–Crippen MR) is 80.3 cm³/mol. The van der Waals surface area contributed by atoms with Crippen LogP contribution < -0.4 is 10.3 Å². The first-order chi connectivity index (χ1) is 9.56. The van der Waals surface area contributed by atoms with Crippen molar-refractivity contribution in [1.29, 1.82) is 0 Å². The number of aromatic amines is 1. The second-order valence-corrected chi connectivity index (χ2v) is 5.18. The van der Waals surface area contributed by atoms with Crippen molar-refractivity contribution in [3.8, 4) is 17.1 Å². The molecule has 1 aromatic carbocycles. The number of aromatic nitrogens is 2. The summed E-state index contributed by atoms with van der Waals surface area (Å²) in [6.07, 6.45) is 0. The summed E-state index contributed by atoms with van der Waals surface area (Å²) in [6.45, 7) is 0.230. The molecule has 0 aliphatic carbocycles. The largest absolute Gasteiger partial charge is 0.496 e. The fourth-order valence-electron chi connectivity index (χ4n) is 1.73. The van der Waals surface area contributed by atoms with Crippen molar-refractivity contribution < 1.29 is 9.47 Å². The molecular formula is C13H12BrClN2O3. The fourth-order valence-corrected chi connectivity index (χ4v) is 2.19. The van der Waals surface area contributed by atoms with E-state index in [0.717, 1.165) is 0 Å². The zero-order valence-corrected chi connectivity index (χ0v) is 13.2. The van der Waals surface area contributed by atoms with Gasteiger partial charge in [0, 0.05) is 12.1 Å². The highest BCUT2D eigenvalue weighted by molar-refractivity contribution is 9.10. The summed E-state index contributed by atoms with van der Waals surface area (Å²) in [6, 6.07) is 5.11. The maximum atomic E-state index is 11.9. The number of benzene rings is 1. The molecule has 0 spiro atoms. The molecule has 0 aliphatic heterocycles. The van der Waals surface area contributed by atoms with E-state index in [1.54, 1.807) is 18.2 Å². The maximum absolute atomic E-state index is 11.9. The Hall–Kier alpha value is -1.37. The molecular weight excluding hydrogens is 348 g/mol. The van der Waals surface area contributed by atoms with Gasteiger partial charge in [-0.3, -0.25) is 4.79 Å². The van der Waals surface area contributed by atoms with Gasteiger partial charge < -0.3 is 14.5 Å². The van der Waals surface area contributed by atoms with Crippen molar-refractivity contribution in [2.75, 3.05) is 14.2 Å². The number of hydrogen-bond donors (Lipinski definition) is 1. The monoisotopic (exact) mass is 358 g/mol. The topological polar surface area (TPSA) is 64.2 Å². The van der Waals surface area contributed by atoms with E-state index in [0.29, 0.717) is 32.3 Å². The van der Waals surface area contributed by atoms with Gasteiger partial charge in [-0.2, -0.15) is 0 Å².